The summed E-state index contributed by atoms with van der Waals surface area (Å²) in [5.41, 5.74) is 3.48. The predicted octanol–water partition coefficient (Wildman–Crippen LogP) is 3.01. The number of hydrogen-bond acceptors (Lipinski definition) is 2. The Morgan fingerprint density at radius 3 is 2.00 bits per heavy atom. The molecule has 3 heteroatoms. The maximum Gasteiger partial charge on any atom is 0.361 e. The minimum absolute atomic E-state index is 0.0471. The van der Waals surface area contributed by atoms with Crippen LogP contribution in [0.25, 0.3) is 0 Å². The Morgan fingerprint density at radius 1 is 0.917 bits per heavy atom. The lowest BCUT2D eigenvalue weighted by Crippen LogP contribution is -2.45. The summed E-state index contributed by atoms with van der Waals surface area (Å²) >= 11 is 0. The van der Waals surface area contributed by atoms with E-state index in [2.05, 4.69) is 84.8 Å². The molecule has 24 heavy (non-hydrogen) atoms. The summed E-state index contributed by atoms with van der Waals surface area (Å²) in [4.78, 5) is 4.65. The first-order valence-corrected chi connectivity index (χ1v) is 8.42. The second-order valence-electron chi connectivity index (χ2n) is 5.89. The van der Waals surface area contributed by atoms with Crippen molar-refractivity contribution in [1.82, 2.24) is 0 Å². The average Bonchev–Trinajstić information content (AvgIpc) is 3.18. The number of allylic oxidation sites excluding steroid dienone is 4. The molecule has 0 fully saturated rings. The van der Waals surface area contributed by atoms with E-state index < -0.39 is 0 Å². The zero-order chi connectivity index (χ0) is 16.6. The van der Waals surface area contributed by atoms with E-state index in [1.54, 1.807) is 0 Å². The fourth-order valence-corrected chi connectivity index (χ4v) is 2.85. The van der Waals surface area contributed by atoms with Crippen LogP contribution in [-0.2, 0) is 4.65 Å². The molecule has 0 spiro atoms. The molecule has 2 aromatic carbocycles. The van der Waals surface area contributed by atoms with Crippen LogP contribution in [0.1, 0.15) is 6.92 Å². The molecule has 0 aliphatic heterocycles. The van der Waals surface area contributed by atoms with Crippen molar-refractivity contribution in [3.63, 3.8) is 0 Å². The van der Waals surface area contributed by atoms with E-state index in [4.69, 9.17) is 4.65 Å². The van der Waals surface area contributed by atoms with Gasteiger partial charge in [0.1, 0.15) is 0 Å². The average molecular weight is 315 g/mol. The Balaban J connectivity index is 1.64. The summed E-state index contributed by atoms with van der Waals surface area (Å²) in [5, 5.41) is 0. The molecule has 0 atom stereocenters. The normalized spacial score (nSPS) is 14.3. The number of hydrogen-bond donors (Lipinski definition) is 0. The van der Waals surface area contributed by atoms with Crippen LogP contribution < -0.4 is 10.9 Å². The molecule has 0 unspecified atom stereocenters. The molecule has 0 saturated heterocycles. The summed E-state index contributed by atoms with van der Waals surface area (Å²) < 4.78 is 6.18. The predicted molar refractivity (Wildman–Crippen MR) is 104 cm³/mol. The van der Waals surface area contributed by atoms with Crippen molar-refractivity contribution in [3.05, 3.63) is 85.0 Å². The maximum absolute atomic E-state index is 6.18. The van der Waals surface area contributed by atoms with Crippen molar-refractivity contribution in [1.29, 1.82) is 0 Å². The minimum atomic E-state index is -0.0471. The number of aliphatic imine (C=N–C) groups is 1. The van der Waals surface area contributed by atoms with E-state index in [-0.39, 0.29) is 6.92 Å². The molecular weight excluding hydrogens is 293 g/mol. The second kappa shape index (κ2) is 8.46. The van der Waals surface area contributed by atoms with Crippen LogP contribution in [0.4, 0.5) is 0 Å². The number of benzene rings is 2. The molecular formula is C21H22BNO. The Morgan fingerprint density at radius 2 is 1.46 bits per heavy atom. The molecule has 3 rings (SSSR count). The second-order valence-corrected chi connectivity index (χ2v) is 5.89. The van der Waals surface area contributed by atoms with Gasteiger partial charge in [-0.3, -0.25) is 4.99 Å². The van der Waals surface area contributed by atoms with Gasteiger partial charge in [0.25, 0.3) is 0 Å². The highest BCUT2D eigenvalue weighted by Crippen LogP contribution is 2.10. The Hall–Kier alpha value is -2.39. The topological polar surface area (TPSA) is 21.6 Å². The van der Waals surface area contributed by atoms with Gasteiger partial charge in [0.15, 0.2) is 0 Å². The van der Waals surface area contributed by atoms with Crippen molar-refractivity contribution < 1.29 is 4.65 Å². The van der Waals surface area contributed by atoms with Gasteiger partial charge < -0.3 is 4.65 Å². The van der Waals surface area contributed by atoms with Crippen molar-refractivity contribution >= 4 is 23.6 Å². The van der Waals surface area contributed by atoms with E-state index >= 15 is 0 Å². The van der Waals surface area contributed by atoms with Crippen LogP contribution in [0, 0.1) is 5.92 Å². The van der Waals surface area contributed by atoms with Crippen LogP contribution in [0.5, 0.6) is 0 Å². The van der Waals surface area contributed by atoms with Crippen LogP contribution in [0.15, 0.2) is 90.0 Å². The van der Waals surface area contributed by atoms with Gasteiger partial charge in [0, 0.05) is 18.2 Å². The highest BCUT2D eigenvalue weighted by molar-refractivity contribution is 6.80. The minimum Gasteiger partial charge on any atom is -0.425 e. The van der Waals surface area contributed by atoms with Gasteiger partial charge in [-0.15, -0.1) is 0 Å². The monoisotopic (exact) mass is 315 g/mol. The highest BCUT2D eigenvalue weighted by Gasteiger charge is 2.20. The number of nitrogens with zero attached hydrogens (tertiary/aromatic N) is 1. The quantitative estimate of drug-likeness (QED) is 0.437. The maximum atomic E-state index is 6.18. The van der Waals surface area contributed by atoms with Gasteiger partial charge in [-0.05, 0) is 17.8 Å². The van der Waals surface area contributed by atoms with Crippen molar-refractivity contribution in [2.45, 2.75) is 6.92 Å². The van der Waals surface area contributed by atoms with E-state index in [0.717, 1.165) is 5.71 Å². The highest BCUT2D eigenvalue weighted by atomic mass is 16.4. The molecule has 0 heterocycles. The third kappa shape index (κ3) is 4.33. The Bertz CT molecular complexity index is 671. The van der Waals surface area contributed by atoms with E-state index in [9.17, 15) is 0 Å². The number of rotatable bonds is 7. The van der Waals surface area contributed by atoms with Gasteiger partial charge in [0.2, 0.25) is 0 Å². The molecule has 0 saturated carbocycles. The Kier molecular flexibility index (Phi) is 5.81. The molecule has 2 nitrogen and oxygen atoms in total. The van der Waals surface area contributed by atoms with Crippen LogP contribution in [0.3, 0.4) is 0 Å². The molecule has 0 amide bonds. The van der Waals surface area contributed by atoms with Gasteiger partial charge in [-0.25, -0.2) is 0 Å². The summed E-state index contributed by atoms with van der Waals surface area (Å²) in [5.74, 6) is 0.351. The molecule has 120 valence electrons. The lowest BCUT2D eigenvalue weighted by atomic mass is 9.55. The first-order chi connectivity index (χ1) is 11.8. The van der Waals surface area contributed by atoms with E-state index in [1.807, 2.05) is 12.1 Å². The van der Waals surface area contributed by atoms with Crippen LogP contribution in [0.2, 0.25) is 0 Å². The van der Waals surface area contributed by atoms with E-state index in [1.165, 1.54) is 10.9 Å². The molecule has 0 N–H and O–H groups in total. The SMILES string of the molecule is CC(=NCCOB(c1ccccc1)c1ccccc1)C1C=CC=C1. The zero-order valence-corrected chi connectivity index (χ0v) is 14.0. The van der Waals surface area contributed by atoms with Crippen molar-refractivity contribution in [2.24, 2.45) is 10.9 Å². The summed E-state index contributed by atoms with van der Waals surface area (Å²) in [7, 11) is 0. The first kappa shape index (κ1) is 16.5. The fourth-order valence-electron chi connectivity index (χ4n) is 2.85. The summed E-state index contributed by atoms with van der Waals surface area (Å²) in [6.07, 6.45) is 8.47. The lowest BCUT2D eigenvalue weighted by Gasteiger charge is -2.15. The van der Waals surface area contributed by atoms with Crippen molar-refractivity contribution in [2.75, 3.05) is 13.2 Å². The molecule has 1 aliphatic carbocycles. The fraction of sp³-hybridized carbons (Fsp3) is 0.190. The van der Waals surface area contributed by atoms with E-state index in [0.29, 0.717) is 19.1 Å². The largest absolute Gasteiger partial charge is 0.425 e. The molecule has 1 aliphatic rings. The van der Waals surface area contributed by atoms with Gasteiger partial charge in [0.05, 0.1) is 6.54 Å². The van der Waals surface area contributed by atoms with Gasteiger partial charge >= 0.3 is 6.92 Å². The third-order valence-corrected chi connectivity index (χ3v) is 4.17. The van der Waals surface area contributed by atoms with Gasteiger partial charge in [-0.2, -0.15) is 0 Å². The molecule has 0 bridgehead atoms. The standard InChI is InChI=1S/C21H22BNO/c1-18(19-10-8-9-11-19)23-16-17-24-22(20-12-4-2-5-13-20)21-14-6-3-7-15-21/h2-15,19H,16-17H2,1H3. The third-order valence-electron chi connectivity index (χ3n) is 4.17. The smallest absolute Gasteiger partial charge is 0.361 e. The Labute approximate surface area is 144 Å². The first-order valence-electron chi connectivity index (χ1n) is 8.42. The zero-order valence-electron chi connectivity index (χ0n) is 14.0. The van der Waals surface area contributed by atoms with Crippen LogP contribution >= 0.6 is 0 Å². The lowest BCUT2D eigenvalue weighted by molar-refractivity contribution is 0.345. The van der Waals surface area contributed by atoms with Crippen LogP contribution in [-0.4, -0.2) is 25.8 Å². The molecule has 0 aromatic heterocycles. The van der Waals surface area contributed by atoms with Crippen molar-refractivity contribution in [3.8, 4) is 0 Å². The van der Waals surface area contributed by atoms with Gasteiger partial charge in [-0.1, -0.05) is 85.0 Å². The molecule has 2 aromatic rings. The summed E-state index contributed by atoms with van der Waals surface area (Å²) in [6.45, 7) is 3.32. The molecule has 0 radical (unpaired) electrons. The summed E-state index contributed by atoms with van der Waals surface area (Å²) in [6, 6.07) is 20.7.